The second-order valence-electron chi connectivity index (χ2n) is 9.77. The Morgan fingerprint density at radius 2 is 1.35 bits per heavy atom. The van der Waals surface area contributed by atoms with Gasteiger partial charge in [0, 0.05) is 45.5 Å². The predicted molar refractivity (Wildman–Crippen MR) is 166 cm³/mol. The highest BCUT2D eigenvalue weighted by molar-refractivity contribution is 7.21. The molecule has 0 aliphatic carbocycles. The van der Waals surface area contributed by atoms with Gasteiger partial charge in [-0.3, -0.25) is 9.97 Å². The maximum Gasteiger partial charge on any atom is 0.124 e. The number of thiazole rings is 1. The monoisotopic (exact) mass is 530 g/mol. The molecule has 40 heavy (non-hydrogen) atoms. The minimum atomic E-state index is 0.918. The maximum atomic E-state index is 4.93. The molecule has 4 heterocycles. The van der Waals surface area contributed by atoms with E-state index in [1.54, 1.807) is 11.3 Å². The van der Waals surface area contributed by atoms with Gasteiger partial charge in [0.05, 0.1) is 32.6 Å². The van der Waals surface area contributed by atoms with Crippen LogP contribution in [0.2, 0.25) is 0 Å². The molecule has 0 aliphatic rings. The van der Waals surface area contributed by atoms with Crippen LogP contribution in [-0.2, 0) is 0 Å². The molecule has 0 saturated heterocycles. The maximum absolute atomic E-state index is 4.93. The van der Waals surface area contributed by atoms with Gasteiger partial charge >= 0.3 is 0 Å². The Bertz CT molecular complexity index is 2140. The van der Waals surface area contributed by atoms with Crippen LogP contribution in [0.15, 0.2) is 134 Å². The molecule has 188 valence electrons. The van der Waals surface area contributed by atoms with Gasteiger partial charge in [0.25, 0.3) is 0 Å². The quantitative estimate of drug-likeness (QED) is 0.228. The average molecular weight is 531 g/mol. The lowest BCUT2D eigenvalue weighted by Gasteiger charge is -2.11. The summed E-state index contributed by atoms with van der Waals surface area (Å²) < 4.78 is 3.56. The molecule has 0 spiro atoms. The molecule has 4 aromatic heterocycles. The van der Waals surface area contributed by atoms with Crippen molar-refractivity contribution in [3.05, 3.63) is 134 Å². The number of nitrogens with zero attached hydrogens (tertiary/aromatic N) is 4. The highest BCUT2D eigenvalue weighted by atomic mass is 32.1. The first kappa shape index (κ1) is 22.8. The van der Waals surface area contributed by atoms with Crippen LogP contribution in [-0.4, -0.2) is 19.5 Å². The predicted octanol–water partition coefficient (Wildman–Crippen LogP) is 9.18. The van der Waals surface area contributed by atoms with Crippen LogP contribution in [0, 0.1) is 0 Å². The zero-order valence-corrected chi connectivity index (χ0v) is 22.2. The van der Waals surface area contributed by atoms with E-state index in [9.17, 15) is 0 Å². The number of hydrogen-bond acceptors (Lipinski definition) is 4. The van der Waals surface area contributed by atoms with E-state index in [0.29, 0.717) is 0 Å². The summed E-state index contributed by atoms with van der Waals surface area (Å²) in [6.45, 7) is 0. The largest absolute Gasteiger partial charge is 0.309 e. The van der Waals surface area contributed by atoms with Gasteiger partial charge in [0.2, 0.25) is 0 Å². The molecular formula is C35H22N4S. The summed E-state index contributed by atoms with van der Waals surface area (Å²) in [7, 11) is 0. The van der Waals surface area contributed by atoms with Crippen LogP contribution in [0.1, 0.15) is 0 Å². The SMILES string of the molecule is c1ccc(-c2ccnc(-c3cccc(-n4c5ccccc5c5ccc(-c6nc7ccccc7s6)cc54)c3)c2)nc1. The van der Waals surface area contributed by atoms with Crippen LogP contribution in [0.4, 0.5) is 0 Å². The zero-order valence-electron chi connectivity index (χ0n) is 21.4. The Morgan fingerprint density at radius 3 is 2.27 bits per heavy atom. The Balaban J connectivity index is 1.30. The van der Waals surface area contributed by atoms with Gasteiger partial charge in [-0.15, -0.1) is 11.3 Å². The lowest BCUT2D eigenvalue weighted by molar-refractivity contribution is 1.18. The minimum Gasteiger partial charge on any atom is -0.309 e. The Hall–Kier alpha value is -5.13. The van der Waals surface area contributed by atoms with E-state index in [1.807, 2.05) is 42.7 Å². The van der Waals surface area contributed by atoms with Gasteiger partial charge in [0.1, 0.15) is 5.01 Å². The first-order chi connectivity index (χ1) is 19.8. The van der Waals surface area contributed by atoms with Crippen LogP contribution in [0.5, 0.6) is 0 Å². The lowest BCUT2D eigenvalue weighted by atomic mass is 10.1. The number of rotatable bonds is 4. The minimum absolute atomic E-state index is 0.918. The van der Waals surface area contributed by atoms with Crippen molar-refractivity contribution in [3.8, 4) is 38.8 Å². The van der Waals surface area contributed by atoms with Gasteiger partial charge in [0.15, 0.2) is 0 Å². The molecule has 0 fully saturated rings. The van der Waals surface area contributed by atoms with Gasteiger partial charge in [-0.2, -0.15) is 0 Å². The van der Waals surface area contributed by atoms with Crippen LogP contribution in [0.3, 0.4) is 0 Å². The molecule has 0 radical (unpaired) electrons. The molecular weight excluding hydrogens is 508 g/mol. The van der Waals surface area contributed by atoms with Crippen molar-refractivity contribution in [1.29, 1.82) is 0 Å². The topological polar surface area (TPSA) is 43.6 Å². The molecule has 4 nitrogen and oxygen atoms in total. The standard InChI is InChI=1S/C35H22N4S/c1-3-13-32-27(10-1)28-16-15-25(35-38-30-12-2-4-14-34(30)40-35)22-33(28)39(32)26-9-7-8-23(20-26)31-21-24(17-19-37-31)29-11-5-6-18-36-29/h1-22H. The fourth-order valence-electron chi connectivity index (χ4n) is 5.46. The third kappa shape index (κ3) is 3.79. The molecule has 0 atom stereocenters. The van der Waals surface area contributed by atoms with E-state index in [-0.39, 0.29) is 0 Å². The van der Waals surface area contributed by atoms with Gasteiger partial charge in [-0.05, 0) is 60.7 Å². The molecule has 0 amide bonds. The number of hydrogen-bond donors (Lipinski definition) is 0. The van der Waals surface area contributed by atoms with Crippen molar-refractivity contribution in [2.24, 2.45) is 0 Å². The first-order valence-electron chi connectivity index (χ1n) is 13.2. The van der Waals surface area contributed by atoms with Gasteiger partial charge in [-0.1, -0.05) is 60.7 Å². The van der Waals surface area contributed by atoms with E-state index < -0.39 is 0 Å². The molecule has 8 aromatic rings. The summed E-state index contributed by atoms with van der Waals surface area (Å²) in [5, 5.41) is 3.49. The lowest BCUT2D eigenvalue weighted by Crippen LogP contribution is -1.95. The summed E-state index contributed by atoms with van der Waals surface area (Å²) in [6.07, 6.45) is 3.68. The van der Waals surface area contributed by atoms with Crippen molar-refractivity contribution in [3.63, 3.8) is 0 Å². The van der Waals surface area contributed by atoms with Crippen LogP contribution in [0.25, 0.3) is 70.8 Å². The highest BCUT2D eigenvalue weighted by Crippen LogP contribution is 2.37. The van der Waals surface area contributed by atoms with Crippen molar-refractivity contribution < 1.29 is 0 Å². The van der Waals surface area contributed by atoms with Crippen molar-refractivity contribution in [2.45, 2.75) is 0 Å². The van der Waals surface area contributed by atoms with E-state index in [2.05, 4.69) is 101 Å². The highest BCUT2D eigenvalue weighted by Gasteiger charge is 2.15. The van der Waals surface area contributed by atoms with Gasteiger partial charge < -0.3 is 4.57 Å². The molecule has 0 N–H and O–H groups in total. The number of aromatic nitrogens is 4. The summed E-state index contributed by atoms with van der Waals surface area (Å²) in [4.78, 5) is 14.2. The van der Waals surface area contributed by atoms with Gasteiger partial charge in [-0.25, -0.2) is 4.98 Å². The number of para-hydroxylation sites is 2. The fraction of sp³-hybridized carbons (Fsp3) is 0. The normalized spacial score (nSPS) is 11.5. The van der Waals surface area contributed by atoms with Crippen molar-refractivity contribution in [2.75, 3.05) is 0 Å². The smallest absolute Gasteiger partial charge is 0.124 e. The Labute approximate surface area is 234 Å². The number of benzene rings is 4. The van der Waals surface area contributed by atoms with Crippen molar-refractivity contribution >= 4 is 43.4 Å². The molecule has 5 heteroatoms. The number of fused-ring (bicyclic) bond motifs is 4. The summed E-state index contributed by atoms with van der Waals surface area (Å²) in [6, 6.07) is 42.3. The number of pyridine rings is 2. The molecule has 8 rings (SSSR count). The second kappa shape index (κ2) is 9.26. The Morgan fingerprint density at radius 1 is 0.525 bits per heavy atom. The second-order valence-corrected chi connectivity index (χ2v) is 10.8. The third-order valence-electron chi connectivity index (χ3n) is 7.34. The molecule has 0 unspecified atom stereocenters. The van der Waals surface area contributed by atoms with Crippen molar-refractivity contribution in [1.82, 2.24) is 19.5 Å². The summed E-state index contributed by atoms with van der Waals surface area (Å²) in [5.41, 5.74) is 9.55. The summed E-state index contributed by atoms with van der Waals surface area (Å²) in [5.74, 6) is 0. The molecule has 0 aliphatic heterocycles. The fourth-order valence-corrected chi connectivity index (χ4v) is 6.42. The van der Waals surface area contributed by atoms with E-state index in [4.69, 9.17) is 9.97 Å². The third-order valence-corrected chi connectivity index (χ3v) is 8.42. The van der Waals surface area contributed by atoms with Crippen LogP contribution < -0.4 is 0 Å². The van der Waals surface area contributed by atoms with E-state index in [1.165, 1.54) is 21.0 Å². The van der Waals surface area contributed by atoms with E-state index in [0.717, 1.165) is 49.8 Å². The first-order valence-corrected chi connectivity index (χ1v) is 14.0. The van der Waals surface area contributed by atoms with E-state index >= 15 is 0 Å². The zero-order chi connectivity index (χ0) is 26.5. The average Bonchev–Trinajstić information content (AvgIpc) is 3.61. The molecule has 0 bridgehead atoms. The Kier molecular flexibility index (Phi) is 5.28. The van der Waals surface area contributed by atoms with Crippen LogP contribution >= 0.6 is 11.3 Å². The molecule has 0 saturated carbocycles. The molecule has 4 aromatic carbocycles. The summed E-state index contributed by atoms with van der Waals surface area (Å²) >= 11 is 1.73.